The maximum absolute atomic E-state index is 10.9. The third kappa shape index (κ3) is 3.58. The van der Waals surface area contributed by atoms with Crippen LogP contribution in [0.4, 0.5) is 0 Å². The number of hydrogen-bond donors (Lipinski definition) is 1. The Balaban J connectivity index is 3.95. The smallest absolute Gasteiger partial charge is 0.188 e. The minimum atomic E-state index is -2.66. The quantitative estimate of drug-likeness (QED) is 0.346. The van der Waals surface area contributed by atoms with E-state index in [1.165, 1.54) is 12.9 Å². The standard InChI is InChI=1S/C4H6N3OP/c1-9(8,3-2-5)7-4-6/h3H2,1H3,(H,7,8). The molecule has 0 bridgehead atoms. The molecule has 0 aromatic heterocycles. The molecular weight excluding hydrogens is 137 g/mol. The highest BCUT2D eigenvalue weighted by molar-refractivity contribution is 7.61. The van der Waals surface area contributed by atoms with Crippen LogP contribution in [0.25, 0.3) is 0 Å². The maximum atomic E-state index is 10.9. The summed E-state index contributed by atoms with van der Waals surface area (Å²) >= 11 is 0. The summed E-state index contributed by atoms with van der Waals surface area (Å²) in [7, 11) is -2.66. The lowest BCUT2D eigenvalue weighted by Crippen LogP contribution is -2.02. The predicted octanol–water partition coefficient (Wildman–Crippen LogP) is 0.489. The third-order valence-electron chi connectivity index (χ3n) is 0.659. The molecule has 0 aromatic carbocycles. The van der Waals surface area contributed by atoms with E-state index in [0.29, 0.717) is 0 Å². The van der Waals surface area contributed by atoms with Crippen LogP contribution < -0.4 is 5.09 Å². The molecule has 0 heterocycles. The summed E-state index contributed by atoms with van der Waals surface area (Å²) in [6.45, 7) is 1.36. The maximum Gasteiger partial charge on any atom is 0.188 e. The molecular formula is C4H6N3OP. The molecule has 0 radical (unpaired) electrons. The first-order valence-electron chi connectivity index (χ1n) is 2.22. The fraction of sp³-hybridized carbons (Fsp3) is 0.500. The highest BCUT2D eigenvalue weighted by atomic mass is 31.2. The van der Waals surface area contributed by atoms with Gasteiger partial charge in [-0.25, -0.2) is 0 Å². The summed E-state index contributed by atoms with van der Waals surface area (Å²) in [5.74, 6) is 0. The van der Waals surface area contributed by atoms with Crippen molar-refractivity contribution in [2.24, 2.45) is 0 Å². The van der Waals surface area contributed by atoms with Gasteiger partial charge in [-0.05, 0) is 0 Å². The molecule has 0 aromatic rings. The van der Waals surface area contributed by atoms with Crippen LogP contribution in [0.15, 0.2) is 0 Å². The first kappa shape index (κ1) is 8.01. The number of nitrogens with one attached hydrogen (secondary N) is 1. The fourth-order valence-corrected chi connectivity index (χ4v) is 0.841. The summed E-state index contributed by atoms with van der Waals surface area (Å²) < 4.78 is 10.9. The molecule has 0 rings (SSSR count). The topological polar surface area (TPSA) is 76.7 Å². The summed E-state index contributed by atoms with van der Waals surface area (Å²) in [6, 6.07) is 1.72. The van der Waals surface area contributed by atoms with Crippen molar-refractivity contribution in [3.63, 3.8) is 0 Å². The molecule has 9 heavy (non-hydrogen) atoms. The van der Waals surface area contributed by atoms with Crippen LogP contribution in [-0.4, -0.2) is 12.8 Å². The van der Waals surface area contributed by atoms with Gasteiger partial charge in [0, 0.05) is 6.66 Å². The van der Waals surface area contributed by atoms with Gasteiger partial charge < -0.3 is 0 Å². The SMILES string of the molecule is CP(=O)(CC#N)NC#N. The molecule has 0 amide bonds. The van der Waals surface area contributed by atoms with Crippen molar-refractivity contribution in [3.05, 3.63) is 0 Å². The van der Waals surface area contributed by atoms with Gasteiger partial charge in [-0.2, -0.15) is 10.5 Å². The first-order chi connectivity index (χ1) is 4.12. The van der Waals surface area contributed by atoms with E-state index in [0.717, 1.165) is 0 Å². The lowest BCUT2D eigenvalue weighted by atomic mass is 10.9. The van der Waals surface area contributed by atoms with Gasteiger partial charge >= 0.3 is 0 Å². The Morgan fingerprint density at radius 3 is 2.56 bits per heavy atom. The second-order valence-electron chi connectivity index (χ2n) is 1.64. The predicted molar refractivity (Wildman–Crippen MR) is 32.8 cm³/mol. The second kappa shape index (κ2) is 3.12. The molecule has 0 saturated heterocycles. The summed E-state index contributed by atoms with van der Waals surface area (Å²) in [6.07, 6.45) is 1.43. The van der Waals surface area contributed by atoms with Gasteiger partial charge in [-0.3, -0.25) is 9.65 Å². The monoisotopic (exact) mass is 143 g/mol. The zero-order valence-corrected chi connectivity index (χ0v) is 5.85. The van der Waals surface area contributed by atoms with Gasteiger partial charge in [0.05, 0.1) is 6.07 Å². The third-order valence-corrected chi connectivity index (χ3v) is 1.98. The van der Waals surface area contributed by atoms with Crippen molar-refractivity contribution in [2.75, 3.05) is 12.8 Å². The number of nitrogens with zero attached hydrogens (tertiary/aromatic N) is 2. The molecule has 0 aliphatic carbocycles. The van der Waals surface area contributed by atoms with E-state index in [1.807, 2.05) is 0 Å². The van der Waals surface area contributed by atoms with Crippen LogP contribution in [-0.2, 0) is 4.57 Å². The van der Waals surface area contributed by atoms with Crippen molar-refractivity contribution in [2.45, 2.75) is 0 Å². The Morgan fingerprint density at radius 1 is 1.67 bits per heavy atom. The van der Waals surface area contributed by atoms with E-state index in [9.17, 15) is 4.57 Å². The van der Waals surface area contributed by atoms with Gasteiger partial charge in [0.1, 0.15) is 6.16 Å². The average molecular weight is 143 g/mol. The number of nitriles is 2. The molecule has 1 unspecified atom stereocenters. The Morgan fingerprint density at radius 2 is 2.22 bits per heavy atom. The van der Waals surface area contributed by atoms with Crippen LogP contribution in [0.3, 0.4) is 0 Å². The van der Waals surface area contributed by atoms with Crippen molar-refractivity contribution in [3.8, 4) is 12.3 Å². The van der Waals surface area contributed by atoms with Gasteiger partial charge in [-0.1, -0.05) is 0 Å². The van der Waals surface area contributed by atoms with Crippen molar-refractivity contribution in [1.29, 1.82) is 10.5 Å². The van der Waals surface area contributed by atoms with Crippen LogP contribution in [0, 0.1) is 22.8 Å². The van der Waals surface area contributed by atoms with Crippen LogP contribution in [0.5, 0.6) is 0 Å². The first-order valence-corrected chi connectivity index (χ1v) is 4.56. The Bertz CT molecular complexity index is 191. The van der Waals surface area contributed by atoms with E-state index < -0.39 is 7.29 Å². The molecule has 5 heteroatoms. The Hall–Kier alpha value is -0.990. The molecule has 0 aliphatic heterocycles. The molecule has 1 N–H and O–H groups in total. The number of rotatable bonds is 2. The summed E-state index contributed by atoms with van der Waals surface area (Å²) in [5, 5.41) is 18.1. The van der Waals surface area contributed by atoms with Crippen LogP contribution in [0.1, 0.15) is 0 Å². The highest BCUT2D eigenvalue weighted by Gasteiger charge is 2.11. The van der Waals surface area contributed by atoms with Crippen molar-refractivity contribution in [1.82, 2.24) is 5.09 Å². The summed E-state index contributed by atoms with van der Waals surface area (Å²) in [5.41, 5.74) is 0. The van der Waals surface area contributed by atoms with Crippen molar-refractivity contribution < 1.29 is 4.57 Å². The molecule has 4 nitrogen and oxygen atoms in total. The Labute approximate surface area is 53.5 Å². The molecule has 0 saturated carbocycles. The van der Waals surface area contributed by atoms with Crippen LogP contribution in [0.2, 0.25) is 0 Å². The molecule has 0 spiro atoms. The normalized spacial score (nSPS) is 14.6. The van der Waals surface area contributed by atoms with E-state index in [2.05, 4.69) is 5.09 Å². The molecule has 0 fully saturated rings. The zero-order chi connectivity index (χ0) is 7.33. The zero-order valence-electron chi connectivity index (χ0n) is 4.96. The minimum absolute atomic E-state index is 0.0967. The number of hydrogen-bond acceptors (Lipinski definition) is 3. The van der Waals surface area contributed by atoms with E-state index in [-0.39, 0.29) is 6.16 Å². The lowest BCUT2D eigenvalue weighted by molar-refractivity contribution is 0.577. The Kier molecular flexibility index (Phi) is 2.78. The lowest BCUT2D eigenvalue weighted by Gasteiger charge is -2.02. The van der Waals surface area contributed by atoms with E-state index in [4.69, 9.17) is 10.5 Å². The highest BCUT2D eigenvalue weighted by Crippen LogP contribution is 2.33. The van der Waals surface area contributed by atoms with Gasteiger partial charge in [0.15, 0.2) is 13.5 Å². The molecule has 48 valence electrons. The second-order valence-corrected chi connectivity index (χ2v) is 4.38. The van der Waals surface area contributed by atoms with Crippen molar-refractivity contribution >= 4 is 7.29 Å². The van der Waals surface area contributed by atoms with Gasteiger partial charge in [0.25, 0.3) is 0 Å². The van der Waals surface area contributed by atoms with Gasteiger partial charge in [-0.15, -0.1) is 0 Å². The molecule has 0 aliphatic rings. The molecule has 1 atom stereocenters. The fourth-order valence-electron chi connectivity index (χ4n) is 0.280. The van der Waals surface area contributed by atoms with E-state index >= 15 is 0 Å². The van der Waals surface area contributed by atoms with Gasteiger partial charge in [0.2, 0.25) is 0 Å². The largest absolute Gasteiger partial charge is 0.299 e. The van der Waals surface area contributed by atoms with Crippen LogP contribution >= 0.6 is 7.29 Å². The summed E-state index contributed by atoms with van der Waals surface area (Å²) in [4.78, 5) is 0. The average Bonchev–Trinajstić information content (AvgIpc) is 1.64. The van der Waals surface area contributed by atoms with E-state index in [1.54, 1.807) is 6.07 Å². The minimum Gasteiger partial charge on any atom is -0.299 e.